The lowest BCUT2D eigenvalue weighted by atomic mass is 9.97. The molecule has 0 aromatic carbocycles. The molecule has 0 saturated carbocycles. The summed E-state index contributed by atoms with van der Waals surface area (Å²) >= 11 is 0. The van der Waals surface area contributed by atoms with Crippen LogP contribution in [0.2, 0.25) is 0 Å². The van der Waals surface area contributed by atoms with Crippen molar-refractivity contribution in [2.24, 2.45) is 5.92 Å². The molecule has 1 aliphatic heterocycles. The minimum absolute atomic E-state index is 0.327. The van der Waals surface area contributed by atoms with Crippen LogP contribution < -0.4 is 0 Å². The maximum Gasteiger partial charge on any atom is 0.151 e. The van der Waals surface area contributed by atoms with Crippen LogP contribution in [0.25, 0.3) is 0 Å². The van der Waals surface area contributed by atoms with Gasteiger partial charge in [0.2, 0.25) is 0 Å². The van der Waals surface area contributed by atoms with Gasteiger partial charge in [0.05, 0.1) is 12.8 Å². The van der Waals surface area contributed by atoms with Gasteiger partial charge in [-0.05, 0) is 25.7 Å². The standard InChI is InChI=1S/C17H23NO2/c1-5-7-8-9-14(6-2)11-16(18)17-12-15(19-4)10-13(3)20-17/h5,7-10,12,14,18H,3,6,11H2,1-2,4H3. The summed E-state index contributed by atoms with van der Waals surface area (Å²) in [5.74, 6) is 2.01. The molecule has 0 saturated heterocycles. The van der Waals surface area contributed by atoms with Crippen molar-refractivity contribution in [3.05, 3.63) is 60.3 Å². The summed E-state index contributed by atoms with van der Waals surface area (Å²) in [5.41, 5.74) is 0.464. The maximum atomic E-state index is 8.18. The molecule has 0 aromatic rings. The number of hydrogen-bond acceptors (Lipinski definition) is 3. The summed E-state index contributed by atoms with van der Waals surface area (Å²) < 4.78 is 10.7. The maximum absolute atomic E-state index is 8.18. The van der Waals surface area contributed by atoms with Crippen LogP contribution in [0.15, 0.2) is 60.3 Å². The Morgan fingerprint density at radius 3 is 2.80 bits per heavy atom. The number of ether oxygens (including phenoxy) is 2. The zero-order valence-corrected chi connectivity index (χ0v) is 12.5. The Kier molecular flexibility index (Phi) is 6.57. The lowest BCUT2D eigenvalue weighted by Gasteiger charge is -2.18. The van der Waals surface area contributed by atoms with Crippen LogP contribution in [0.5, 0.6) is 0 Å². The molecule has 1 unspecified atom stereocenters. The van der Waals surface area contributed by atoms with Gasteiger partial charge in [-0.2, -0.15) is 0 Å². The van der Waals surface area contributed by atoms with Gasteiger partial charge < -0.3 is 14.9 Å². The van der Waals surface area contributed by atoms with Crippen molar-refractivity contribution >= 4 is 5.71 Å². The summed E-state index contributed by atoms with van der Waals surface area (Å²) in [6, 6.07) is 0. The summed E-state index contributed by atoms with van der Waals surface area (Å²) in [6.45, 7) is 7.87. The number of methoxy groups -OCH3 is 1. The molecule has 108 valence electrons. The monoisotopic (exact) mass is 273 g/mol. The van der Waals surface area contributed by atoms with Crippen molar-refractivity contribution in [3.8, 4) is 0 Å². The molecule has 1 atom stereocenters. The first kappa shape index (κ1) is 16.0. The molecular weight excluding hydrogens is 250 g/mol. The molecular formula is C17H23NO2. The molecule has 0 radical (unpaired) electrons. The van der Waals surface area contributed by atoms with Gasteiger partial charge in [0.25, 0.3) is 0 Å². The fourth-order valence-corrected chi connectivity index (χ4v) is 1.84. The Balaban J connectivity index is 2.72. The first-order valence-electron chi connectivity index (χ1n) is 6.82. The van der Waals surface area contributed by atoms with Crippen LogP contribution in [-0.4, -0.2) is 12.8 Å². The van der Waals surface area contributed by atoms with Crippen molar-refractivity contribution in [1.82, 2.24) is 0 Å². The second kappa shape index (κ2) is 8.20. The van der Waals surface area contributed by atoms with Gasteiger partial charge in [-0.25, -0.2) is 0 Å². The van der Waals surface area contributed by atoms with E-state index in [2.05, 4.69) is 19.6 Å². The van der Waals surface area contributed by atoms with Gasteiger partial charge in [-0.1, -0.05) is 37.8 Å². The highest BCUT2D eigenvalue weighted by Crippen LogP contribution is 2.22. The SMILES string of the molecule is C=C1C=C(OC)C=C(C(=N)CC(C=CC=CC)CC)O1. The Morgan fingerprint density at radius 2 is 2.20 bits per heavy atom. The molecule has 20 heavy (non-hydrogen) atoms. The highest BCUT2D eigenvalue weighted by Gasteiger charge is 2.16. The molecule has 1 rings (SSSR count). The number of hydrogen-bond donors (Lipinski definition) is 1. The summed E-state index contributed by atoms with van der Waals surface area (Å²) in [7, 11) is 1.59. The van der Waals surface area contributed by atoms with E-state index < -0.39 is 0 Å². The van der Waals surface area contributed by atoms with Gasteiger partial charge >= 0.3 is 0 Å². The van der Waals surface area contributed by atoms with E-state index >= 15 is 0 Å². The third-order valence-corrected chi connectivity index (χ3v) is 3.03. The molecule has 0 bridgehead atoms. The topological polar surface area (TPSA) is 42.3 Å². The van der Waals surface area contributed by atoms with Crippen molar-refractivity contribution in [1.29, 1.82) is 5.41 Å². The molecule has 0 spiro atoms. The van der Waals surface area contributed by atoms with Crippen molar-refractivity contribution in [2.45, 2.75) is 26.7 Å². The fraction of sp³-hybridized carbons (Fsp3) is 0.353. The van der Waals surface area contributed by atoms with E-state index in [9.17, 15) is 0 Å². The quantitative estimate of drug-likeness (QED) is 0.547. The van der Waals surface area contributed by atoms with Crippen LogP contribution in [0.1, 0.15) is 26.7 Å². The van der Waals surface area contributed by atoms with Gasteiger partial charge in [0.15, 0.2) is 5.76 Å². The molecule has 3 nitrogen and oxygen atoms in total. The van der Waals surface area contributed by atoms with E-state index in [1.54, 1.807) is 19.3 Å². The van der Waals surface area contributed by atoms with Crippen LogP contribution in [0, 0.1) is 11.3 Å². The third kappa shape index (κ3) is 4.92. The molecule has 0 fully saturated rings. The molecule has 1 N–H and O–H groups in total. The smallest absolute Gasteiger partial charge is 0.151 e. The molecule has 3 heteroatoms. The van der Waals surface area contributed by atoms with Crippen LogP contribution in [-0.2, 0) is 9.47 Å². The summed E-state index contributed by atoms with van der Waals surface area (Å²) in [6.07, 6.45) is 13.2. The van der Waals surface area contributed by atoms with E-state index in [1.807, 2.05) is 25.2 Å². The summed E-state index contributed by atoms with van der Waals surface area (Å²) in [4.78, 5) is 0. The predicted molar refractivity (Wildman–Crippen MR) is 83.5 cm³/mol. The van der Waals surface area contributed by atoms with Crippen molar-refractivity contribution in [3.63, 3.8) is 0 Å². The average molecular weight is 273 g/mol. The normalized spacial score (nSPS) is 16.9. The van der Waals surface area contributed by atoms with Crippen LogP contribution >= 0.6 is 0 Å². The first-order chi connectivity index (χ1) is 9.60. The van der Waals surface area contributed by atoms with Crippen molar-refractivity contribution < 1.29 is 9.47 Å². The zero-order chi connectivity index (χ0) is 15.0. The van der Waals surface area contributed by atoms with Gasteiger partial charge in [0, 0.05) is 12.2 Å². The molecule has 0 amide bonds. The highest BCUT2D eigenvalue weighted by molar-refractivity contribution is 5.97. The minimum atomic E-state index is 0.327. The van der Waals surface area contributed by atoms with Crippen LogP contribution in [0.4, 0.5) is 0 Å². The Labute approximate surface area is 121 Å². The van der Waals surface area contributed by atoms with Gasteiger partial charge in [0.1, 0.15) is 11.5 Å². The predicted octanol–water partition coefficient (Wildman–Crippen LogP) is 4.51. The number of nitrogens with one attached hydrogen (secondary N) is 1. The van der Waals surface area contributed by atoms with E-state index in [0.717, 1.165) is 6.42 Å². The molecule has 0 aromatic heterocycles. The molecule has 1 heterocycles. The highest BCUT2D eigenvalue weighted by atomic mass is 16.5. The molecule has 0 aliphatic carbocycles. The third-order valence-electron chi connectivity index (χ3n) is 3.03. The van der Waals surface area contributed by atoms with E-state index in [4.69, 9.17) is 14.9 Å². The number of allylic oxidation sites excluding steroid dienone is 7. The second-order valence-electron chi connectivity index (χ2n) is 4.59. The van der Waals surface area contributed by atoms with E-state index in [1.165, 1.54) is 0 Å². The molecule has 1 aliphatic rings. The number of rotatable bonds is 7. The zero-order valence-electron chi connectivity index (χ0n) is 12.5. The fourth-order valence-electron chi connectivity index (χ4n) is 1.84. The lowest BCUT2D eigenvalue weighted by molar-refractivity contribution is 0.277. The average Bonchev–Trinajstić information content (AvgIpc) is 2.45. The van der Waals surface area contributed by atoms with E-state index in [0.29, 0.717) is 35.3 Å². The van der Waals surface area contributed by atoms with Gasteiger partial charge in [-0.3, -0.25) is 0 Å². The Morgan fingerprint density at radius 1 is 1.45 bits per heavy atom. The van der Waals surface area contributed by atoms with Crippen LogP contribution in [0.3, 0.4) is 0 Å². The minimum Gasteiger partial charge on any atom is -0.496 e. The second-order valence-corrected chi connectivity index (χ2v) is 4.59. The largest absolute Gasteiger partial charge is 0.496 e. The van der Waals surface area contributed by atoms with Gasteiger partial charge in [-0.15, -0.1) is 0 Å². The van der Waals surface area contributed by atoms with E-state index in [-0.39, 0.29) is 0 Å². The van der Waals surface area contributed by atoms with Crippen molar-refractivity contribution in [2.75, 3.05) is 7.11 Å². The Hall–Kier alpha value is -2.03. The Bertz CT molecular complexity index is 481. The lowest BCUT2D eigenvalue weighted by Crippen LogP contribution is -2.12. The first-order valence-corrected chi connectivity index (χ1v) is 6.82. The summed E-state index contributed by atoms with van der Waals surface area (Å²) in [5, 5.41) is 8.18.